The Hall–Kier alpha value is -2.60. The molecule has 3 aromatic carbocycles. The average Bonchev–Trinajstić information content (AvgIpc) is 2.96. The molecule has 0 saturated heterocycles. The first-order chi connectivity index (χ1) is 11.3. The summed E-state index contributed by atoms with van der Waals surface area (Å²) in [5.41, 5.74) is 3.73. The van der Waals surface area contributed by atoms with E-state index in [0.29, 0.717) is 5.46 Å². The van der Waals surface area contributed by atoms with E-state index in [-0.39, 0.29) is 0 Å². The van der Waals surface area contributed by atoms with Crippen molar-refractivity contribution < 1.29 is 15.1 Å². The van der Waals surface area contributed by atoms with Crippen molar-refractivity contribution in [3.63, 3.8) is 0 Å². The number of para-hydroxylation sites is 2. The lowest BCUT2D eigenvalue weighted by atomic mass is 9.80. The van der Waals surface area contributed by atoms with Crippen LogP contribution in [0.2, 0.25) is 0 Å². The largest absolute Gasteiger partial charge is 0.522 e. The topological polar surface area (TPSA) is 54.6 Å². The molecular formula is C18H14BNO3. The van der Waals surface area contributed by atoms with E-state index < -0.39 is 7.12 Å². The molecule has 5 heteroatoms. The van der Waals surface area contributed by atoms with Gasteiger partial charge in [0.1, 0.15) is 0 Å². The maximum Gasteiger partial charge on any atom is 0.522 e. The number of aromatic nitrogens is 1. The lowest BCUT2D eigenvalue weighted by Gasteiger charge is -2.09. The first kappa shape index (κ1) is 14.0. The van der Waals surface area contributed by atoms with Crippen molar-refractivity contribution in [3.8, 4) is 5.69 Å². The van der Waals surface area contributed by atoms with Crippen LogP contribution in [-0.4, -0.2) is 22.0 Å². The third-order valence-electron chi connectivity index (χ3n) is 4.12. The average molecular weight is 303 g/mol. The number of fused-ring (bicyclic) bond motifs is 3. The molecule has 23 heavy (non-hydrogen) atoms. The molecular weight excluding hydrogens is 289 g/mol. The third-order valence-corrected chi connectivity index (χ3v) is 4.12. The van der Waals surface area contributed by atoms with Gasteiger partial charge in [-0.25, -0.2) is 0 Å². The van der Waals surface area contributed by atoms with Gasteiger partial charge in [-0.15, -0.1) is 0 Å². The summed E-state index contributed by atoms with van der Waals surface area (Å²) in [6.07, 6.45) is 0. The van der Waals surface area contributed by atoms with E-state index in [1.807, 2.05) is 36.4 Å². The van der Waals surface area contributed by atoms with E-state index in [4.69, 9.17) is 5.26 Å². The van der Waals surface area contributed by atoms with Gasteiger partial charge in [0.25, 0.3) is 0 Å². The number of hydrogen-bond donors (Lipinski definition) is 2. The lowest BCUT2D eigenvalue weighted by molar-refractivity contribution is -0.154. The fraction of sp³-hybridized carbons (Fsp3) is 0. The molecule has 0 radical (unpaired) electrons. The zero-order chi connectivity index (χ0) is 15.8. The number of rotatable bonds is 3. The fourth-order valence-corrected chi connectivity index (χ4v) is 3.05. The lowest BCUT2D eigenvalue weighted by Crippen LogP contribution is -2.32. The van der Waals surface area contributed by atoms with E-state index in [9.17, 15) is 5.02 Å². The summed E-state index contributed by atoms with van der Waals surface area (Å²) in [5.74, 6) is 0. The van der Waals surface area contributed by atoms with Crippen LogP contribution in [-0.2, 0) is 4.81 Å². The second-order valence-corrected chi connectivity index (χ2v) is 5.42. The van der Waals surface area contributed by atoms with Gasteiger partial charge in [-0.05, 0) is 29.7 Å². The van der Waals surface area contributed by atoms with Crippen molar-refractivity contribution >= 4 is 34.4 Å². The number of benzene rings is 3. The van der Waals surface area contributed by atoms with Crippen LogP contribution < -0.4 is 5.46 Å². The van der Waals surface area contributed by atoms with E-state index in [2.05, 4.69) is 33.6 Å². The molecule has 4 nitrogen and oxygen atoms in total. The maximum atomic E-state index is 9.52. The van der Waals surface area contributed by atoms with Gasteiger partial charge in [-0.1, -0.05) is 48.5 Å². The van der Waals surface area contributed by atoms with Crippen molar-refractivity contribution in [2.75, 3.05) is 0 Å². The van der Waals surface area contributed by atoms with Crippen LogP contribution in [0.5, 0.6) is 0 Å². The van der Waals surface area contributed by atoms with Crippen molar-refractivity contribution in [2.24, 2.45) is 0 Å². The predicted octanol–water partition coefficient (Wildman–Crippen LogP) is 2.96. The van der Waals surface area contributed by atoms with Gasteiger partial charge in [-0.3, -0.25) is 10.1 Å². The van der Waals surface area contributed by atoms with E-state index in [1.54, 1.807) is 12.1 Å². The highest BCUT2D eigenvalue weighted by atomic mass is 17.1. The molecule has 0 aliphatic carbocycles. The molecule has 0 spiro atoms. The predicted molar refractivity (Wildman–Crippen MR) is 92.1 cm³/mol. The Balaban J connectivity index is 1.97. The van der Waals surface area contributed by atoms with Crippen molar-refractivity contribution in [3.05, 3.63) is 72.8 Å². The zero-order valence-electron chi connectivity index (χ0n) is 12.3. The first-order valence-electron chi connectivity index (χ1n) is 7.36. The van der Waals surface area contributed by atoms with E-state index in [1.165, 1.54) is 10.8 Å². The monoisotopic (exact) mass is 303 g/mol. The molecule has 4 aromatic rings. The Kier molecular flexibility index (Phi) is 3.39. The Bertz CT molecular complexity index is 925. The molecule has 0 amide bonds. The molecule has 0 aliphatic heterocycles. The van der Waals surface area contributed by atoms with Crippen LogP contribution in [0, 0.1) is 0 Å². The van der Waals surface area contributed by atoms with Crippen LogP contribution in [0.25, 0.3) is 27.5 Å². The SMILES string of the molecule is OOB(O)c1ccc(-n2c3ccccc3c3ccccc32)cc1. The molecule has 0 fully saturated rings. The van der Waals surface area contributed by atoms with Crippen molar-refractivity contribution in [2.45, 2.75) is 0 Å². The third kappa shape index (κ3) is 2.22. The smallest absolute Gasteiger partial charge is 0.422 e. The quantitative estimate of drug-likeness (QED) is 0.347. The molecule has 1 aromatic heterocycles. The highest BCUT2D eigenvalue weighted by Gasteiger charge is 2.17. The van der Waals surface area contributed by atoms with Crippen LogP contribution >= 0.6 is 0 Å². The second kappa shape index (κ2) is 5.55. The molecule has 0 aliphatic rings. The van der Waals surface area contributed by atoms with Gasteiger partial charge in [-0.2, -0.15) is 0 Å². The molecule has 0 bridgehead atoms. The van der Waals surface area contributed by atoms with Gasteiger partial charge in [0.05, 0.1) is 11.0 Å². The van der Waals surface area contributed by atoms with Crippen LogP contribution in [0.15, 0.2) is 72.8 Å². The number of nitrogens with zero attached hydrogens (tertiary/aromatic N) is 1. The van der Waals surface area contributed by atoms with Gasteiger partial charge in [0.15, 0.2) is 0 Å². The molecule has 2 N–H and O–H groups in total. The highest BCUT2D eigenvalue weighted by Crippen LogP contribution is 2.31. The Morgan fingerprint density at radius 3 is 1.78 bits per heavy atom. The van der Waals surface area contributed by atoms with Gasteiger partial charge < -0.3 is 9.59 Å². The molecule has 0 saturated carbocycles. The van der Waals surface area contributed by atoms with Gasteiger partial charge in [0.2, 0.25) is 0 Å². The summed E-state index contributed by atoms with van der Waals surface area (Å²) in [6.45, 7) is 0. The molecule has 1 heterocycles. The Morgan fingerprint density at radius 1 is 0.739 bits per heavy atom. The minimum Gasteiger partial charge on any atom is -0.422 e. The molecule has 0 unspecified atom stereocenters. The molecule has 0 atom stereocenters. The van der Waals surface area contributed by atoms with Crippen LogP contribution in [0.1, 0.15) is 0 Å². The summed E-state index contributed by atoms with van der Waals surface area (Å²) >= 11 is 0. The molecule has 4 rings (SSSR count). The second-order valence-electron chi connectivity index (χ2n) is 5.42. The van der Waals surface area contributed by atoms with Crippen LogP contribution in [0.3, 0.4) is 0 Å². The van der Waals surface area contributed by atoms with Gasteiger partial charge >= 0.3 is 7.12 Å². The summed E-state index contributed by atoms with van der Waals surface area (Å²) in [6, 6.07) is 23.8. The fourth-order valence-electron chi connectivity index (χ4n) is 3.05. The molecule has 112 valence electrons. The van der Waals surface area contributed by atoms with Crippen molar-refractivity contribution in [1.29, 1.82) is 0 Å². The van der Waals surface area contributed by atoms with E-state index >= 15 is 0 Å². The standard InChI is InChI=1S/C18H14BNO3/c21-19(23-22)13-9-11-14(12-10-13)20-17-7-3-1-5-15(17)16-6-2-4-8-18(16)20/h1-12,21-22H. The summed E-state index contributed by atoms with van der Waals surface area (Å²) in [7, 11) is -1.33. The normalized spacial score (nSPS) is 11.2. The Morgan fingerprint density at radius 2 is 1.26 bits per heavy atom. The number of hydrogen-bond acceptors (Lipinski definition) is 3. The summed E-state index contributed by atoms with van der Waals surface area (Å²) < 4.78 is 2.18. The van der Waals surface area contributed by atoms with Crippen molar-refractivity contribution in [1.82, 2.24) is 4.57 Å². The minimum absolute atomic E-state index is 0.497. The first-order valence-corrected chi connectivity index (χ1v) is 7.36. The van der Waals surface area contributed by atoms with Crippen LogP contribution in [0.4, 0.5) is 0 Å². The van der Waals surface area contributed by atoms with Gasteiger partial charge in [0, 0.05) is 16.5 Å². The summed E-state index contributed by atoms with van der Waals surface area (Å²) in [5, 5.41) is 20.5. The highest BCUT2D eigenvalue weighted by molar-refractivity contribution is 6.59. The zero-order valence-corrected chi connectivity index (χ0v) is 12.3. The van der Waals surface area contributed by atoms with E-state index in [0.717, 1.165) is 16.7 Å². The minimum atomic E-state index is -1.33. The maximum absolute atomic E-state index is 9.52. The Labute approximate surface area is 133 Å². The summed E-state index contributed by atoms with van der Waals surface area (Å²) in [4.78, 5) is 3.96.